The fourth-order valence-electron chi connectivity index (χ4n) is 4.78. The van der Waals surface area contributed by atoms with Crippen LogP contribution in [-0.4, -0.2) is 50.0 Å². The summed E-state index contributed by atoms with van der Waals surface area (Å²) < 4.78 is 27.3. The summed E-state index contributed by atoms with van der Waals surface area (Å²) >= 11 is 0. The van der Waals surface area contributed by atoms with Gasteiger partial charge in [-0.3, -0.25) is 13.9 Å². The molecule has 1 N–H and O–H groups in total. The summed E-state index contributed by atoms with van der Waals surface area (Å²) in [4.78, 5) is 29.5. The molecule has 3 rings (SSSR count). The lowest BCUT2D eigenvalue weighted by Gasteiger charge is -2.34. The molecule has 0 spiro atoms. The van der Waals surface area contributed by atoms with Crippen LogP contribution in [0.4, 0.5) is 5.69 Å². The van der Waals surface area contributed by atoms with E-state index >= 15 is 0 Å². The van der Waals surface area contributed by atoms with E-state index < -0.39 is 28.5 Å². The zero-order chi connectivity index (χ0) is 29.4. The third-order valence-corrected chi connectivity index (χ3v) is 8.19. The van der Waals surface area contributed by atoms with E-state index in [0.717, 1.165) is 44.8 Å². The molecule has 2 atom stereocenters. The summed E-state index contributed by atoms with van der Waals surface area (Å²) in [6, 6.07) is 21.9. The molecule has 7 nitrogen and oxygen atoms in total. The van der Waals surface area contributed by atoms with E-state index in [-0.39, 0.29) is 18.5 Å². The number of nitrogens with one attached hydrogen (secondary N) is 1. The SMILES string of the molecule is CC[C@H](C)NC(=O)[C@H](Cc1ccccc1)N(Cc1cccc(C)c1)C(=O)CN(c1c(C)cccc1C)S(C)(=O)=O. The number of hydrogen-bond donors (Lipinski definition) is 1. The molecule has 0 aliphatic carbocycles. The number of rotatable bonds is 12. The highest BCUT2D eigenvalue weighted by Gasteiger charge is 2.34. The largest absolute Gasteiger partial charge is 0.352 e. The summed E-state index contributed by atoms with van der Waals surface area (Å²) in [6.45, 7) is 9.28. The molecule has 0 saturated heterocycles. The molecule has 0 saturated carbocycles. The van der Waals surface area contributed by atoms with Crippen molar-refractivity contribution in [1.82, 2.24) is 10.2 Å². The highest BCUT2D eigenvalue weighted by molar-refractivity contribution is 7.92. The van der Waals surface area contributed by atoms with E-state index in [0.29, 0.717) is 12.1 Å². The number of anilines is 1. The maximum Gasteiger partial charge on any atom is 0.244 e. The molecular formula is C32H41N3O4S. The highest BCUT2D eigenvalue weighted by Crippen LogP contribution is 2.27. The van der Waals surface area contributed by atoms with Crippen molar-refractivity contribution in [3.8, 4) is 0 Å². The van der Waals surface area contributed by atoms with Gasteiger partial charge in [-0.25, -0.2) is 8.42 Å². The zero-order valence-electron chi connectivity index (χ0n) is 24.3. The molecule has 0 heterocycles. The first-order chi connectivity index (χ1) is 18.9. The fourth-order valence-corrected chi connectivity index (χ4v) is 5.74. The number of aryl methyl sites for hydroxylation is 3. The molecule has 40 heavy (non-hydrogen) atoms. The Kier molecular flexibility index (Phi) is 10.5. The van der Waals surface area contributed by atoms with Gasteiger partial charge in [0.25, 0.3) is 0 Å². The highest BCUT2D eigenvalue weighted by atomic mass is 32.2. The first-order valence-electron chi connectivity index (χ1n) is 13.6. The number of amides is 2. The van der Waals surface area contributed by atoms with Crippen molar-refractivity contribution in [2.75, 3.05) is 17.1 Å². The van der Waals surface area contributed by atoms with Crippen LogP contribution in [0, 0.1) is 20.8 Å². The van der Waals surface area contributed by atoms with Crippen molar-refractivity contribution in [3.05, 3.63) is 101 Å². The quantitative estimate of drug-likeness (QED) is 0.339. The minimum atomic E-state index is -3.81. The van der Waals surface area contributed by atoms with Crippen LogP contribution in [-0.2, 0) is 32.6 Å². The van der Waals surface area contributed by atoms with Crippen LogP contribution >= 0.6 is 0 Å². The molecule has 3 aromatic rings. The van der Waals surface area contributed by atoms with Gasteiger partial charge in [0.1, 0.15) is 12.6 Å². The second-order valence-corrected chi connectivity index (χ2v) is 12.5. The Bertz CT molecular complexity index is 1400. The Morgan fingerprint density at radius 3 is 2.05 bits per heavy atom. The minimum absolute atomic E-state index is 0.0798. The van der Waals surface area contributed by atoms with Crippen LogP contribution in [0.1, 0.15) is 48.1 Å². The molecule has 0 aromatic heterocycles. The predicted molar refractivity (Wildman–Crippen MR) is 162 cm³/mol. The van der Waals surface area contributed by atoms with Gasteiger partial charge in [0, 0.05) is 19.0 Å². The molecule has 8 heteroatoms. The van der Waals surface area contributed by atoms with E-state index in [2.05, 4.69) is 5.32 Å². The molecule has 0 aliphatic heterocycles. The molecular weight excluding hydrogens is 522 g/mol. The smallest absolute Gasteiger partial charge is 0.244 e. The Morgan fingerprint density at radius 2 is 1.48 bits per heavy atom. The molecule has 2 amide bonds. The van der Waals surface area contributed by atoms with Gasteiger partial charge in [-0.05, 0) is 56.4 Å². The Hall–Kier alpha value is -3.65. The van der Waals surface area contributed by atoms with Gasteiger partial charge >= 0.3 is 0 Å². The number of carbonyl (C=O) groups is 2. The van der Waals surface area contributed by atoms with Crippen LogP contribution in [0.15, 0.2) is 72.8 Å². The molecule has 0 bridgehead atoms. The van der Waals surface area contributed by atoms with Crippen LogP contribution < -0.4 is 9.62 Å². The standard InChI is InChI=1S/C32H41N3O4S/c1-7-26(5)33-32(37)29(20-27-16-9-8-10-17-27)34(21-28-18-11-13-23(2)19-28)30(36)22-35(40(6,38)39)31-24(3)14-12-15-25(31)4/h8-19,26,29H,7,20-22H2,1-6H3,(H,33,37)/t26-,29-/m0/s1. The lowest BCUT2D eigenvalue weighted by atomic mass is 10.0. The predicted octanol–water partition coefficient (Wildman–Crippen LogP) is 4.93. The van der Waals surface area contributed by atoms with Crippen molar-refractivity contribution in [1.29, 1.82) is 0 Å². The van der Waals surface area contributed by atoms with Crippen molar-refractivity contribution >= 4 is 27.5 Å². The van der Waals surface area contributed by atoms with E-state index in [1.54, 1.807) is 0 Å². The Balaban J connectivity index is 2.10. The first-order valence-corrected chi connectivity index (χ1v) is 15.5. The topological polar surface area (TPSA) is 86.8 Å². The van der Waals surface area contributed by atoms with Crippen molar-refractivity contribution < 1.29 is 18.0 Å². The number of sulfonamides is 1. The van der Waals surface area contributed by atoms with Gasteiger partial charge in [0.2, 0.25) is 21.8 Å². The van der Waals surface area contributed by atoms with Gasteiger partial charge in [-0.1, -0.05) is 85.3 Å². The number of hydrogen-bond acceptors (Lipinski definition) is 4. The maximum atomic E-state index is 14.2. The van der Waals surface area contributed by atoms with Crippen LogP contribution in [0.2, 0.25) is 0 Å². The van der Waals surface area contributed by atoms with Gasteiger partial charge < -0.3 is 10.2 Å². The van der Waals surface area contributed by atoms with Gasteiger partial charge in [-0.15, -0.1) is 0 Å². The van der Waals surface area contributed by atoms with Gasteiger partial charge in [0.05, 0.1) is 11.9 Å². The van der Waals surface area contributed by atoms with Crippen LogP contribution in [0.25, 0.3) is 0 Å². The Labute approximate surface area is 239 Å². The van der Waals surface area contributed by atoms with E-state index in [1.807, 2.05) is 107 Å². The molecule has 214 valence electrons. The van der Waals surface area contributed by atoms with Crippen LogP contribution in [0.5, 0.6) is 0 Å². The minimum Gasteiger partial charge on any atom is -0.352 e. The molecule has 3 aromatic carbocycles. The summed E-state index contributed by atoms with van der Waals surface area (Å²) in [5, 5.41) is 3.05. The second kappa shape index (κ2) is 13.6. The summed E-state index contributed by atoms with van der Waals surface area (Å²) in [5.74, 6) is -0.716. The molecule has 0 unspecified atom stereocenters. The summed E-state index contributed by atoms with van der Waals surface area (Å²) in [6.07, 6.45) is 2.14. The number of para-hydroxylation sites is 1. The monoisotopic (exact) mass is 563 g/mol. The second-order valence-electron chi connectivity index (χ2n) is 10.5. The summed E-state index contributed by atoms with van der Waals surface area (Å²) in [7, 11) is -3.81. The van der Waals surface area contributed by atoms with E-state index in [1.165, 1.54) is 4.90 Å². The fraction of sp³-hybridized carbons (Fsp3) is 0.375. The Morgan fingerprint density at radius 1 is 0.875 bits per heavy atom. The maximum absolute atomic E-state index is 14.2. The average molecular weight is 564 g/mol. The molecule has 0 fully saturated rings. The number of carbonyl (C=O) groups excluding carboxylic acids is 2. The van der Waals surface area contributed by atoms with Crippen molar-refractivity contribution in [2.24, 2.45) is 0 Å². The van der Waals surface area contributed by atoms with Crippen molar-refractivity contribution in [3.63, 3.8) is 0 Å². The third kappa shape index (κ3) is 8.18. The lowest BCUT2D eigenvalue weighted by Crippen LogP contribution is -2.54. The summed E-state index contributed by atoms with van der Waals surface area (Å²) in [5.41, 5.74) is 4.78. The number of benzene rings is 3. The van der Waals surface area contributed by atoms with E-state index in [4.69, 9.17) is 0 Å². The molecule has 0 aliphatic rings. The van der Waals surface area contributed by atoms with Crippen molar-refractivity contribution in [2.45, 2.75) is 66.1 Å². The zero-order valence-corrected chi connectivity index (χ0v) is 25.2. The van der Waals surface area contributed by atoms with E-state index in [9.17, 15) is 18.0 Å². The number of nitrogens with zero attached hydrogens (tertiary/aromatic N) is 2. The van der Waals surface area contributed by atoms with Gasteiger partial charge in [-0.2, -0.15) is 0 Å². The molecule has 0 radical (unpaired) electrons. The lowest BCUT2D eigenvalue weighted by molar-refractivity contribution is -0.140. The normalized spacial score (nSPS) is 12.8. The van der Waals surface area contributed by atoms with Crippen LogP contribution in [0.3, 0.4) is 0 Å². The van der Waals surface area contributed by atoms with Gasteiger partial charge in [0.15, 0.2) is 0 Å². The average Bonchev–Trinajstić information content (AvgIpc) is 2.89. The third-order valence-electron chi connectivity index (χ3n) is 7.08. The first kappa shape index (κ1) is 30.9.